The van der Waals surface area contributed by atoms with Crippen LogP contribution in [0.5, 0.6) is 5.75 Å². The third-order valence-electron chi connectivity index (χ3n) is 6.00. The molecule has 5 nitrogen and oxygen atoms in total. The summed E-state index contributed by atoms with van der Waals surface area (Å²) < 4.78 is 5.81. The minimum atomic E-state index is -0.689. The summed E-state index contributed by atoms with van der Waals surface area (Å²) in [6.07, 6.45) is 1.96. The van der Waals surface area contributed by atoms with E-state index in [9.17, 15) is 9.59 Å². The van der Waals surface area contributed by atoms with Gasteiger partial charge in [-0.05, 0) is 55.2 Å². The molecule has 0 aliphatic carbocycles. The molecule has 0 fully saturated rings. The minimum Gasteiger partial charge on any atom is -0.494 e. The molecule has 0 spiro atoms. The fraction of sp³-hybridized carbons (Fsp3) is 0.333. The number of amides is 2. The monoisotopic (exact) mass is 540 g/mol. The predicted octanol–water partition coefficient (Wildman–Crippen LogP) is 6.63. The highest BCUT2D eigenvalue weighted by Crippen LogP contribution is 2.24. The smallest absolute Gasteiger partial charge is 0.243 e. The van der Waals surface area contributed by atoms with E-state index in [4.69, 9.17) is 27.9 Å². The van der Waals surface area contributed by atoms with Crippen LogP contribution in [0.4, 0.5) is 0 Å². The summed E-state index contributed by atoms with van der Waals surface area (Å²) in [5.74, 6) is 0.454. The van der Waals surface area contributed by atoms with Gasteiger partial charge in [-0.25, -0.2) is 0 Å². The van der Waals surface area contributed by atoms with Crippen LogP contribution >= 0.6 is 23.2 Å². The number of hydrogen-bond donors (Lipinski definition) is 1. The molecule has 0 aromatic heterocycles. The lowest BCUT2D eigenvalue weighted by Gasteiger charge is -2.32. The first kappa shape index (κ1) is 28.5. The average molecular weight is 542 g/mol. The molecule has 196 valence electrons. The van der Waals surface area contributed by atoms with Crippen molar-refractivity contribution in [3.8, 4) is 5.75 Å². The number of benzene rings is 3. The largest absolute Gasteiger partial charge is 0.494 e. The lowest BCUT2D eigenvalue weighted by atomic mass is 10.0. The summed E-state index contributed by atoms with van der Waals surface area (Å²) in [6.45, 7) is 5.15. The molecule has 0 radical (unpaired) electrons. The van der Waals surface area contributed by atoms with Gasteiger partial charge in [-0.2, -0.15) is 0 Å². The van der Waals surface area contributed by atoms with Gasteiger partial charge in [0.05, 0.1) is 6.61 Å². The van der Waals surface area contributed by atoms with E-state index in [1.165, 1.54) is 0 Å². The van der Waals surface area contributed by atoms with Gasteiger partial charge >= 0.3 is 0 Å². The Balaban J connectivity index is 1.80. The third kappa shape index (κ3) is 9.10. The van der Waals surface area contributed by atoms with E-state index in [0.717, 1.165) is 28.9 Å². The van der Waals surface area contributed by atoms with Crippen molar-refractivity contribution >= 4 is 35.0 Å². The number of aryl methyl sites for hydroxylation is 1. The van der Waals surface area contributed by atoms with Gasteiger partial charge in [0.1, 0.15) is 11.8 Å². The summed E-state index contributed by atoms with van der Waals surface area (Å²) >= 11 is 12.6. The average Bonchev–Trinajstić information content (AvgIpc) is 2.89. The zero-order valence-corrected chi connectivity index (χ0v) is 22.9. The van der Waals surface area contributed by atoms with Gasteiger partial charge in [-0.15, -0.1) is 0 Å². The van der Waals surface area contributed by atoms with Crippen molar-refractivity contribution in [3.05, 3.63) is 99.5 Å². The van der Waals surface area contributed by atoms with Crippen LogP contribution in [0, 0.1) is 6.92 Å². The van der Waals surface area contributed by atoms with Crippen LogP contribution in [0.25, 0.3) is 0 Å². The van der Waals surface area contributed by atoms with Gasteiger partial charge in [0.25, 0.3) is 0 Å². The highest BCUT2D eigenvalue weighted by molar-refractivity contribution is 6.35. The van der Waals surface area contributed by atoms with Crippen LogP contribution in [0.2, 0.25) is 10.0 Å². The number of carbonyl (C=O) groups is 2. The fourth-order valence-corrected chi connectivity index (χ4v) is 4.41. The van der Waals surface area contributed by atoms with Crippen molar-refractivity contribution in [2.24, 2.45) is 0 Å². The normalized spacial score (nSPS) is 11.6. The molecule has 0 aliphatic rings. The molecule has 1 atom stereocenters. The van der Waals surface area contributed by atoms with Crippen molar-refractivity contribution in [3.63, 3.8) is 0 Å². The SMILES string of the molecule is CCCNC(=O)[C@@H](Cc1ccccc1)N(Cc1ccc(Cl)cc1Cl)C(=O)CCCOc1ccc(C)cc1. The zero-order chi connectivity index (χ0) is 26.6. The highest BCUT2D eigenvalue weighted by Gasteiger charge is 2.30. The summed E-state index contributed by atoms with van der Waals surface area (Å²) in [6, 6.07) is 22.0. The molecule has 2 amide bonds. The van der Waals surface area contributed by atoms with E-state index in [1.54, 1.807) is 23.1 Å². The Morgan fingerprint density at radius 3 is 2.41 bits per heavy atom. The van der Waals surface area contributed by atoms with Crippen LogP contribution in [-0.2, 0) is 22.6 Å². The number of nitrogens with one attached hydrogen (secondary N) is 1. The molecular weight excluding hydrogens is 507 g/mol. The molecule has 0 saturated heterocycles. The van der Waals surface area contributed by atoms with E-state index in [-0.39, 0.29) is 24.8 Å². The Labute approximate surface area is 229 Å². The maximum Gasteiger partial charge on any atom is 0.243 e. The Morgan fingerprint density at radius 1 is 1.00 bits per heavy atom. The van der Waals surface area contributed by atoms with Crippen LogP contribution in [0.15, 0.2) is 72.8 Å². The molecular formula is C30H34Cl2N2O3. The highest BCUT2D eigenvalue weighted by atomic mass is 35.5. The van der Waals surface area contributed by atoms with E-state index in [1.807, 2.05) is 68.4 Å². The molecule has 0 saturated carbocycles. The van der Waals surface area contributed by atoms with E-state index in [2.05, 4.69) is 5.32 Å². The van der Waals surface area contributed by atoms with Gasteiger partial charge in [0, 0.05) is 36.0 Å². The second-order valence-corrected chi connectivity index (χ2v) is 9.86. The molecule has 3 rings (SSSR count). The van der Waals surface area contributed by atoms with E-state index >= 15 is 0 Å². The number of ether oxygens (including phenoxy) is 1. The van der Waals surface area contributed by atoms with Crippen LogP contribution < -0.4 is 10.1 Å². The number of carbonyl (C=O) groups excluding carboxylic acids is 2. The maximum absolute atomic E-state index is 13.6. The van der Waals surface area contributed by atoms with Gasteiger partial charge in [-0.3, -0.25) is 9.59 Å². The Kier molecular flexibility index (Phi) is 11.3. The maximum atomic E-state index is 13.6. The van der Waals surface area contributed by atoms with Crippen LogP contribution in [0.3, 0.4) is 0 Å². The van der Waals surface area contributed by atoms with E-state index < -0.39 is 6.04 Å². The molecule has 7 heteroatoms. The van der Waals surface area contributed by atoms with Crippen LogP contribution in [-0.4, -0.2) is 35.9 Å². The summed E-state index contributed by atoms with van der Waals surface area (Å²) in [5.41, 5.74) is 2.86. The Hall–Kier alpha value is -3.02. The van der Waals surface area contributed by atoms with Crippen LogP contribution in [0.1, 0.15) is 42.9 Å². The number of halogens is 2. The van der Waals surface area contributed by atoms with Gasteiger partial charge < -0.3 is 15.0 Å². The molecule has 3 aromatic rings. The lowest BCUT2D eigenvalue weighted by Crippen LogP contribution is -2.50. The van der Waals surface area contributed by atoms with Crippen molar-refractivity contribution < 1.29 is 14.3 Å². The first-order valence-electron chi connectivity index (χ1n) is 12.6. The standard InChI is InChI=1S/C30H34Cl2N2O3/c1-3-17-33-30(36)28(19-23-8-5-4-6-9-23)34(21-24-13-14-25(31)20-27(24)32)29(35)10-7-18-37-26-15-11-22(2)12-16-26/h4-6,8-9,11-16,20,28H,3,7,10,17-19,21H2,1-2H3,(H,33,36)/t28-/m1/s1. The molecule has 0 aliphatic heterocycles. The molecule has 3 aromatic carbocycles. The summed E-state index contributed by atoms with van der Waals surface area (Å²) in [4.78, 5) is 28.6. The van der Waals surface area contributed by atoms with Crippen molar-refractivity contribution in [1.29, 1.82) is 0 Å². The number of hydrogen-bond acceptors (Lipinski definition) is 3. The molecule has 0 bridgehead atoms. The number of nitrogens with zero attached hydrogens (tertiary/aromatic N) is 1. The van der Waals surface area contributed by atoms with Crippen molar-refractivity contribution in [2.45, 2.75) is 52.1 Å². The predicted molar refractivity (Wildman–Crippen MR) is 150 cm³/mol. The quantitative estimate of drug-likeness (QED) is 0.247. The number of rotatable bonds is 13. The molecule has 37 heavy (non-hydrogen) atoms. The third-order valence-corrected chi connectivity index (χ3v) is 6.59. The first-order valence-corrected chi connectivity index (χ1v) is 13.4. The van der Waals surface area contributed by atoms with Gasteiger partial charge in [0.15, 0.2) is 0 Å². The molecule has 0 heterocycles. The zero-order valence-electron chi connectivity index (χ0n) is 21.4. The second-order valence-electron chi connectivity index (χ2n) is 9.02. The van der Waals surface area contributed by atoms with Gasteiger partial charge in [-0.1, -0.05) is 84.2 Å². The van der Waals surface area contributed by atoms with E-state index in [0.29, 0.717) is 36.0 Å². The Bertz CT molecular complexity index is 1150. The molecule has 0 unspecified atom stereocenters. The topological polar surface area (TPSA) is 58.6 Å². The second kappa shape index (κ2) is 14.7. The molecule has 1 N–H and O–H groups in total. The van der Waals surface area contributed by atoms with Crippen molar-refractivity contribution in [2.75, 3.05) is 13.2 Å². The minimum absolute atomic E-state index is 0.133. The Morgan fingerprint density at radius 2 is 1.73 bits per heavy atom. The summed E-state index contributed by atoms with van der Waals surface area (Å²) in [7, 11) is 0. The van der Waals surface area contributed by atoms with Crippen molar-refractivity contribution in [1.82, 2.24) is 10.2 Å². The van der Waals surface area contributed by atoms with Gasteiger partial charge in [0.2, 0.25) is 11.8 Å². The summed E-state index contributed by atoms with van der Waals surface area (Å²) in [5, 5.41) is 3.95. The lowest BCUT2D eigenvalue weighted by molar-refractivity contribution is -0.141. The fourth-order valence-electron chi connectivity index (χ4n) is 3.94. The first-order chi connectivity index (χ1) is 17.9.